The van der Waals surface area contributed by atoms with Crippen molar-refractivity contribution in [2.45, 2.75) is 24.0 Å². The van der Waals surface area contributed by atoms with Crippen molar-refractivity contribution in [2.24, 2.45) is 0 Å². The van der Waals surface area contributed by atoms with Gasteiger partial charge in [-0.25, -0.2) is 4.98 Å². The highest BCUT2D eigenvalue weighted by atomic mass is 32.2. The van der Waals surface area contributed by atoms with Gasteiger partial charge in [-0.3, -0.25) is 9.20 Å². The minimum atomic E-state index is 0.0981. The summed E-state index contributed by atoms with van der Waals surface area (Å²) >= 11 is 1.49. The number of fused-ring (bicyclic) bond motifs is 2. The number of nitrogens with zero attached hydrogens (tertiary/aromatic N) is 3. The molecule has 2 aromatic heterocycles. The van der Waals surface area contributed by atoms with Gasteiger partial charge in [0.05, 0.1) is 23.5 Å². The molecule has 3 aromatic rings. The number of carbonyl (C=O) groups is 1. The molecule has 0 N–H and O–H groups in total. The van der Waals surface area contributed by atoms with Gasteiger partial charge in [-0.1, -0.05) is 23.9 Å². The Hall–Kier alpha value is -2.67. The lowest BCUT2D eigenvalue weighted by Crippen LogP contribution is -2.32. The monoisotopic (exact) mass is 395 g/mol. The molecular weight excluding hydrogens is 374 g/mol. The number of imidazole rings is 1. The van der Waals surface area contributed by atoms with E-state index in [0.29, 0.717) is 19.0 Å². The van der Waals surface area contributed by atoms with E-state index in [1.165, 1.54) is 11.8 Å². The number of pyridine rings is 1. The first-order valence-electron chi connectivity index (χ1n) is 9.53. The number of benzene rings is 1. The predicted molar refractivity (Wildman–Crippen MR) is 107 cm³/mol. The summed E-state index contributed by atoms with van der Waals surface area (Å²) < 4.78 is 13.3. The number of hydrogen-bond donors (Lipinski definition) is 0. The SMILES string of the molecule is O=C(CSc1ncc2ccccn12)N1CCCC1c1ccc2c(c1)OCCO2. The highest BCUT2D eigenvalue weighted by Gasteiger charge is 2.31. The summed E-state index contributed by atoms with van der Waals surface area (Å²) in [6, 6.07) is 12.1. The van der Waals surface area contributed by atoms with Crippen LogP contribution in [0.3, 0.4) is 0 Å². The van der Waals surface area contributed by atoms with Crippen LogP contribution >= 0.6 is 11.8 Å². The van der Waals surface area contributed by atoms with Gasteiger partial charge in [0.15, 0.2) is 16.7 Å². The maximum Gasteiger partial charge on any atom is 0.233 e. The zero-order valence-electron chi connectivity index (χ0n) is 15.4. The lowest BCUT2D eigenvalue weighted by molar-refractivity contribution is -0.129. The molecule has 5 rings (SSSR count). The van der Waals surface area contributed by atoms with Gasteiger partial charge in [-0.05, 0) is 42.7 Å². The summed E-state index contributed by atoms with van der Waals surface area (Å²) in [6.07, 6.45) is 5.80. The lowest BCUT2D eigenvalue weighted by atomic mass is 10.0. The minimum absolute atomic E-state index is 0.0981. The first-order chi connectivity index (χ1) is 13.8. The summed E-state index contributed by atoms with van der Waals surface area (Å²) in [6.45, 7) is 1.94. The van der Waals surface area contributed by atoms with Crippen molar-refractivity contribution in [2.75, 3.05) is 25.5 Å². The number of thioether (sulfide) groups is 1. The van der Waals surface area contributed by atoms with E-state index >= 15 is 0 Å². The molecule has 1 atom stereocenters. The van der Waals surface area contributed by atoms with Crippen molar-refractivity contribution < 1.29 is 14.3 Å². The molecule has 0 aliphatic carbocycles. The van der Waals surface area contributed by atoms with E-state index in [0.717, 1.165) is 47.1 Å². The van der Waals surface area contributed by atoms with Crippen LogP contribution in [0, 0.1) is 0 Å². The normalized spacial score (nSPS) is 18.6. The Morgan fingerprint density at radius 1 is 1.18 bits per heavy atom. The highest BCUT2D eigenvalue weighted by molar-refractivity contribution is 7.99. The Balaban J connectivity index is 1.30. The molecule has 0 bridgehead atoms. The number of rotatable bonds is 4. The minimum Gasteiger partial charge on any atom is -0.486 e. The Bertz CT molecular complexity index is 1020. The third kappa shape index (κ3) is 3.20. The fraction of sp³-hybridized carbons (Fsp3) is 0.333. The average molecular weight is 395 g/mol. The molecule has 0 radical (unpaired) electrons. The van der Waals surface area contributed by atoms with E-state index in [4.69, 9.17) is 9.47 Å². The number of ether oxygens (including phenoxy) is 2. The fourth-order valence-electron chi connectivity index (χ4n) is 3.91. The maximum absolute atomic E-state index is 13.0. The number of likely N-dealkylation sites (tertiary alicyclic amines) is 1. The second-order valence-electron chi connectivity index (χ2n) is 6.97. The molecular formula is C21H21N3O3S. The average Bonchev–Trinajstić information content (AvgIpc) is 3.39. The Morgan fingerprint density at radius 3 is 3.00 bits per heavy atom. The number of amides is 1. The molecule has 6 nitrogen and oxygen atoms in total. The molecule has 2 aliphatic rings. The van der Waals surface area contributed by atoms with E-state index in [-0.39, 0.29) is 11.9 Å². The molecule has 0 saturated carbocycles. The molecule has 7 heteroatoms. The van der Waals surface area contributed by atoms with Gasteiger partial charge < -0.3 is 14.4 Å². The number of carbonyl (C=O) groups excluding carboxylic acids is 1. The van der Waals surface area contributed by atoms with Crippen LogP contribution in [-0.4, -0.2) is 45.7 Å². The van der Waals surface area contributed by atoms with Gasteiger partial charge in [0, 0.05) is 12.7 Å². The molecule has 4 heterocycles. The van der Waals surface area contributed by atoms with Gasteiger partial charge in [0.2, 0.25) is 5.91 Å². The van der Waals surface area contributed by atoms with Crippen LogP contribution < -0.4 is 9.47 Å². The summed E-state index contributed by atoms with van der Waals surface area (Å²) in [4.78, 5) is 19.4. The highest BCUT2D eigenvalue weighted by Crippen LogP contribution is 2.38. The molecule has 0 spiro atoms. The largest absolute Gasteiger partial charge is 0.486 e. The Morgan fingerprint density at radius 2 is 2.07 bits per heavy atom. The second kappa shape index (κ2) is 7.39. The first-order valence-corrected chi connectivity index (χ1v) is 10.5. The van der Waals surface area contributed by atoms with Crippen molar-refractivity contribution in [1.29, 1.82) is 0 Å². The first kappa shape index (κ1) is 17.4. The topological polar surface area (TPSA) is 56.1 Å². The van der Waals surface area contributed by atoms with Crippen molar-refractivity contribution in [3.63, 3.8) is 0 Å². The number of aromatic nitrogens is 2. The second-order valence-corrected chi connectivity index (χ2v) is 7.92. The quantitative estimate of drug-likeness (QED) is 0.632. The molecule has 28 heavy (non-hydrogen) atoms. The van der Waals surface area contributed by atoms with Crippen LogP contribution in [-0.2, 0) is 4.79 Å². The third-order valence-corrected chi connectivity index (χ3v) is 6.21. The lowest BCUT2D eigenvalue weighted by Gasteiger charge is -2.26. The third-order valence-electron chi connectivity index (χ3n) is 5.25. The van der Waals surface area contributed by atoms with E-state index in [2.05, 4.69) is 11.1 Å². The van der Waals surface area contributed by atoms with Crippen molar-refractivity contribution in [3.05, 3.63) is 54.4 Å². The Kier molecular flexibility index (Phi) is 4.60. The summed E-state index contributed by atoms with van der Waals surface area (Å²) in [7, 11) is 0. The molecule has 144 valence electrons. The molecule has 1 saturated heterocycles. The number of hydrogen-bond acceptors (Lipinski definition) is 5. The van der Waals surface area contributed by atoms with Crippen LogP contribution in [0.15, 0.2) is 53.9 Å². The van der Waals surface area contributed by atoms with Crippen molar-refractivity contribution in [3.8, 4) is 11.5 Å². The molecule has 1 amide bonds. The van der Waals surface area contributed by atoms with Crippen LogP contribution in [0.5, 0.6) is 11.5 Å². The van der Waals surface area contributed by atoms with Crippen molar-refractivity contribution >= 4 is 23.2 Å². The molecule has 1 fully saturated rings. The maximum atomic E-state index is 13.0. The summed E-state index contributed by atoms with van der Waals surface area (Å²) in [5.74, 6) is 2.10. The van der Waals surface area contributed by atoms with E-state index < -0.39 is 0 Å². The molecule has 1 aromatic carbocycles. The van der Waals surface area contributed by atoms with Gasteiger partial charge >= 0.3 is 0 Å². The fourth-order valence-corrected chi connectivity index (χ4v) is 4.77. The van der Waals surface area contributed by atoms with Gasteiger partial charge in [0.1, 0.15) is 13.2 Å². The summed E-state index contributed by atoms with van der Waals surface area (Å²) in [5.41, 5.74) is 2.15. The Labute approximate surface area is 167 Å². The summed E-state index contributed by atoms with van der Waals surface area (Å²) in [5, 5.41) is 0.846. The zero-order chi connectivity index (χ0) is 18.9. The standard InChI is InChI=1S/C21H21N3O3S/c25-20(14-28-21-22-13-16-4-1-2-8-23(16)21)24-9-3-5-17(24)15-6-7-18-19(12-15)27-11-10-26-18/h1-2,4,6-8,12-13,17H,3,5,9-11,14H2. The van der Waals surface area contributed by atoms with Gasteiger partial charge in [-0.15, -0.1) is 0 Å². The van der Waals surface area contributed by atoms with E-state index in [1.54, 1.807) is 0 Å². The van der Waals surface area contributed by atoms with Crippen LogP contribution in [0.4, 0.5) is 0 Å². The van der Waals surface area contributed by atoms with Gasteiger partial charge in [-0.2, -0.15) is 0 Å². The van der Waals surface area contributed by atoms with Crippen molar-refractivity contribution in [1.82, 2.24) is 14.3 Å². The zero-order valence-corrected chi connectivity index (χ0v) is 16.2. The van der Waals surface area contributed by atoms with Gasteiger partial charge in [0.25, 0.3) is 0 Å². The van der Waals surface area contributed by atoms with E-state index in [9.17, 15) is 4.79 Å². The predicted octanol–water partition coefficient (Wildman–Crippen LogP) is 3.56. The molecule has 1 unspecified atom stereocenters. The van der Waals surface area contributed by atoms with Crippen LogP contribution in [0.25, 0.3) is 5.52 Å². The molecule has 2 aliphatic heterocycles. The van der Waals surface area contributed by atoms with E-state index in [1.807, 2.05) is 52.0 Å². The van der Waals surface area contributed by atoms with Crippen LogP contribution in [0.1, 0.15) is 24.4 Å². The smallest absolute Gasteiger partial charge is 0.233 e. The van der Waals surface area contributed by atoms with Crippen LogP contribution in [0.2, 0.25) is 0 Å².